The SMILES string of the molecule is Nc1nnc(OCc2ccc(Cl)cc2)s1. The first-order valence-electron chi connectivity index (χ1n) is 4.20. The van der Waals surface area contributed by atoms with Crippen LogP contribution in [0.5, 0.6) is 5.19 Å². The maximum absolute atomic E-state index is 5.75. The summed E-state index contributed by atoms with van der Waals surface area (Å²) in [7, 11) is 0. The molecule has 78 valence electrons. The van der Waals surface area contributed by atoms with Crippen LogP contribution < -0.4 is 10.5 Å². The Balaban J connectivity index is 1.96. The zero-order chi connectivity index (χ0) is 10.7. The number of anilines is 1. The molecule has 2 N–H and O–H groups in total. The summed E-state index contributed by atoms with van der Waals surface area (Å²) in [6.07, 6.45) is 0. The molecule has 4 nitrogen and oxygen atoms in total. The number of nitrogens with zero attached hydrogens (tertiary/aromatic N) is 2. The highest BCUT2D eigenvalue weighted by Gasteiger charge is 2.01. The lowest BCUT2D eigenvalue weighted by Gasteiger charge is -2.01. The Morgan fingerprint density at radius 3 is 2.60 bits per heavy atom. The fourth-order valence-electron chi connectivity index (χ4n) is 1.00. The van der Waals surface area contributed by atoms with E-state index in [1.807, 2.05) is 24.3 Å². The third-order valence-corrected chi connectivity index (χ3v) is 2.61. The van der Waals surface area contributed by atoms with Gasteiger partial charge in [0, 0.05) is 5.02 Å². The second-order valence-electron chi connectivity index (χ2n) is 2.82. The third kappa shape index (κ3) is 2.81. The molecule has 0 saturated heterocycles. The fourth-order valence-corrected chi connectivity index (χ4v) is 1.59. The van der Waals surface area contributed by atoms with E-state index in [-0.39, 0.29) is 0 Å². The molecule has 0 aliphatic heterocycles. The number of nitrogen functional groups attached to an aromatic ring is 1. The van der Waals surface area contributed by atoms with Crippen molar-refractivity contribution in [1.82, 2.24) is 10.2 Å². The van der Waals surface area contributed by atoms with E-state index in [9.17, 15) is 0 Å². The minimum absolute atomic E-state index is 0.404. The van der Waals surface area contributed by atoms with Gasteiger partial charge in [-0.05, 0) is 29.0 Å². The molecule has 0 radical (unpaired) electrons. The largest absolute Gasteiger partial charge is 0.464 e. The van der Waals surface area contributed by atoms with Gasteiger partial charge in [0.15, 0.2) is 0 Å². The van der Waals surface area contributed by atoms with Gasteiger partial charge in [0.1, 0.15) is 6.61 Å². The van der Waals surface area contributed by atoms with Gasteiger partial charge in [-0.25, -0.2) is 0 Å². The predicted octanol–water partition coefficient (Wildman–Crippen LogP) is 2.35. The molecule has 0 aliphatic rings. The number of hydrogen-bond donors (Lipinski definition) is 1. The normalized spacial score (nSPS) is 10.2. The number of rotatable bonds is 3. The van der Waals surface area contributed by atoms with Gasteiger partial charge in [0.2, 0.25) is 5.13 Å². The minimum atomic E-state index is 0.404. The first-order chi connectivity index (χ1) is 7.24. The summed E-state index contributed by atoms with van der Waals surface area (Å²) in [6, 6.07) is 7.42. The Kier molecular flexibility index (Phi) is 3.03. The van der Waals surface area contributed by atoms with Crippen molar-refractivity contribution in [3.8, 4) is 5.19 Å². The molecule has 0 amide bonds. The van der Waals surface area contributed by atoms with Crippen LogP contribution in [0.25, 0.3) is 0 Å². The molecule has 0 unspecified atom stereocenters. The number of ether oxygens (including phenoxy) is 1. The van der Waals surface area contributed by atoms with Crippen LogP contribution in [-0.2, 0) is 6.61 Å². The minimum Gasteiger partial charge on any atom is -0.464 e. The van der Waals surface area contributed by atoms with Crippen LogP contribution >= 0.6 is 22.9 Å². The third-order valence-electron chi connectivity index (χ3n) is 1.70. The van der Waals surface area contributed by atoms with Crippen LogP contribution in [-0.4, -0.2) is 10.2 Å². The molecule has 15 heavy (non-hydrogen) atoms. The Morgan fingerprint density at radius 2 is 2.00 bits per heavy atom. The van der Waals surface area contributed by atoms with Gasteiger partial charge < -0.3 is 10.5 Å². The smallest absolute Gasteiger partial charge is 0.296 e. The van der Waals surface area contributed by atoms with Gasteiger partial charge in [-0.15, -0.1) is 5.10 Å². The molecule has 0 bridgehead atoms. The summed E-state index contributed by atoms with van der Waals surface area (Å²) in [5.74, 6) is 0. The molecule has 1 heterocycles. The van der Waals surface area contributed by atoms with Crippen molar-refractivity contribution in [2.75, 3.05) is 5.73 Å². The molecule has 1 aromatic carbocycles. The molecule has 0 atom stereocenters. The number of benzene rings is 1. The predicted molar refractivity (Wildman–Crippen MR) is 60.1 cm³/mol. The van der Waals surface area contributed by atoms with E-state index < -0.39 is 0 Å². The lowest BCUT2D eigenvalue weighted by Crippen LogP contribution is -1.94. The van der Waals surface area contributed by atoms with Crippen LogP contribution in [0.2, 0.25) is 5.02 Å². The highest BCUT2D eigenvalue weighted by Crippen LogP contribution is 2.20. The van der Waals surface area contributed by atoms with Gasteiger partial charge in [-0.2, -0.15) is 0 Å². The second-order valence-corrected chi connectivity index (χ2v) is 4.23. The first-order valence-corrected chi connectivity index (χ1v) is 5.40. The molecule has 0 saturated carbocycles. The van der Waals surface area contributed by atoms with Crippen molar-refractivity contribution in [2.24, 2.45) is 0 Å². The van der Waals surface area contributed by atoms with Crippen molar-refractivity contribution in [1.29, 1.82) is 0 Å². The van der Waals surface area contributed by atoms with Gasteiger partial charge >= 0.3 is 0 Å². The number of hydrogen-bond acceptors (Lipinski definition) is 5. The average molecular weight is 242 g/mol. The van der Waals surface area contributed by atoms with Gasteiger partial charge in [0.05, 0.1) is 0 Å². The van der Waals surface area contributed by atoms with Crippen LogP contribution in [0.4, 0.5) is 5.13 Å². The van der Waals surface area contributed by atoms with Gasteiger partial charge in [0.25, 0.3) is 5.19 Å². The quantitative estimate of drug-likeness (QED) is 0.896. The highest BCUT2D eigenvalue weighted by molar-refractivity contribution is 7.16. The van der Waals surface area contributed by atoms with E-state index in [2.05, 4.69) is 10.2 Å². The first kappa shape index (κ1) is 10.2. The van der Waals surface area contributed by atoms with Crippen LogP contribution in [0.1, 0.15) is 5.56 Å². The number of nitrogens with two attached hydrogens (primary N) is 1. The van der Waals surface area contributed by atoms with Crippen molar-refractivity contribution in [3.63, 3.8) is 0 Å². The fraction of sp³-hybridized carbons (Fsp3) is 0.111. The number of halogens is 1. The number of aromatic nitrogens is 2. The van der Waals surface area contributed by atoms with E-state index in [0.29, 0.717) is 22.0 Å². The Hall–Kier alpha value is -1.33. The average Bonchev–Trinajstić information content (AvgIpc) is 2.64. The maximum atomic E-state index is 5.75. The molecule has 2 rings (SSSR count). The summed E-state index contributed by atoms with van der Waals surface area (Å²) < 4.78 is 5.37. The standard InChI is InChI=1S/C9H8ClN3OS/c10-7-3-1-6(2-4-7)5-14-9-13-12-8(11)15-9/h1-4H,5H2,(H2,11,12). The highest BCUT2D eigenvalue weighted by atomic mass is 35.5. The zero-order valence-corrected chi connectivity index (χ0v) is 9.26. The van der Waals surface area contributed by atoms with Crippen molar-refractivity contribution in [2.45, 2.75) is 6.61 Å². The molecule has 0 aliphatic carbocycles. The molecule has 0 spiro atoms. The second kappa shape index (κ2) is 4.46. The maximum Gasteiger partial charge on any atom is 0.296 e. The van der Waals surface area contributed by atoms with E-state index in [1.54, 1.807) is 0 Å². The Morgan fingerprint density at radius 1 is 1.27 bits per heavy atom. The molecular formula is C9H8ClN3OS. The Bertz CT molecular complexity index is 443. The van der Waals surface area contributed by atoms with Crippen molar-refractivity contribution in [3.05, 3.63) is 34.9 Å². The summed E-state index contributed by atoms with van der Waals surface area (Å²) in [5.41, 5.74) is 6.44. The lowest BCUT2D eigenvalue weighted by atomic mass is 10.2. The van der Waals surface area contributed by atoms with E-state index in [0.717, 1.165) is 5.56 Å². The monoisotopic (exact) mass is 241 g/mol. The van der Waals surface area contributed by atoms with E-state index in [1.165, 1.54) is 11.3 Å². The molecular weight excluding hydrogens is 234 g/mol. The summed E-state index contributed by atoms with van der Waals surface area (Å²) >= 11 is 6.97. The summed E-state index contributed by atoms with van der Waals surface area (Å²) in [5, 5.41) is 8.97. The topological polar surface area (TPSA) is 61.0 Å². The molecule has 0 fully saturated rings. The summed E-state index contributed by atoms with van der Waals surface area (Å²) in [4.78, 5) is 0. The molecule has 1 aromatic heterocycles. The van der Waals surface area contributed by atoms with Crippen LogP contribution in [0, 0.1) is 0 Å². The van der Waals surface area contributed by atoms with Crippen LogP contribution in [0.15, 0.2) is 24.3 Å². The Labute approximate surface area is 95.7 Å². The van der Waals surface area contributed by atoms with Gasteiger partial charge in [-0.3, -0.25) is 0 Å². The summed E-state index contributed by atoms with van der Waals surface area (Å²) in [6.45, 7) is 0.436. The van der Waals surface area contributed by atoms with E-state index >= 15 is 0 Å². The zero-order valence-electron chi connectivity index (χ0n) is 7.68. The van der Waals surface area contributed by atoms with Crippen molar-refractivity contribution < 1.29 is 4.74 Å². The molecule has 2 aromatic rings. The van der Waals surface area contributed by atoms with Crippen molar-refractivity contribution >= 4 is 28.1 Å². The van der Waals surface area contributed by atoms with E-state index in [4.69, 9.17) is 22.1 Å². The lowest BCUT2D eigenvalue weighted by molar-refractivity contribution is 0.302. The van der Waals surface area contributed by atoms with Crippen LogP contribution in [0.3, 0.4) is 0 Å². The van der Waals surface area contributed by atoms with Gasteiger partial charge in [-0.1, -0.05) is 28.8 Å². The molecule has 6 heteroatoms.